The molecule has 2 aliphatic carbocycles. The highest BCUT2D eigenvalue weighted by atomic mass is 14.5. The summed E-state index contributed by atoms with van der Waals surface area (Å²) in [6.07, 6.45) is 1.25. The van der Waals surface area contributed by atoms with Crippen molar-refractivity contribution in [2.24, 2.45) is 0 Å². The first kappa shape index (κ1) is 32.4. The van der Waals surface area contributed by atoms with Crippen LogP contribution in [0, 0.1) is 6.92 Å². The SMILES string of the molecule is C.CCC.Cc1cc(-c2ccc3ccccc3c2-c2ccc(C(C)C)cc2)cc2c1-c1ccccc1C21c2ccccc2-c2ccccc21. The van der Waals surface area contributed by atoms with Crippen LogP contribution >= 0.6 is 0 Å². The molecular weight excluding hydrogens is 589 g/mol. The van der Waals surface area contributed by atoms with Crippen molar-refractivity contribution in [2.45, 2.75) is 59.8 Å². The summed E-state index contributed by atoms with van der Waals surface area (Å²) in [5.41, 5.74) is 18.4. The monoisotopic (exact) mass is 634 g/mol. The highest BCUT2D eigenvalue weighted by Gasteiger charge is 2.51. The number of aryl methyl sites for hydroxylation is 1. The fraction of sp³-hybridized carbons (Fsp3) is 0.184. The molecule has 2 aliphatic rings. The first-order valence-electron chi connectivity index (χ1n) is 17.6. The van der Waals surface area contributed by atoms with Crippen molar-refractivity contribution in [3.63, 3.8) is 0 Å². The van der Waals surface area contributed by atoms with Crippen molar-refractivity contribution >= 4 is 10.8 Å². The Labute approximate surface area is 293 Å². The Kier molecular flexibility index (Phi) is 8.37. The maximum absolute atomic E-state index is 2.53. The highest BCUT2D eigenvalue weighted by molar-refractivity contribution is 6.05. The van der Waals surface area contributed by atoms with Crippen molar-refractivity contribution in [1.82, 2.24) is 0 Å². The van der Waals surface area contributed by atoms with E-state index in [0.717, 1.165) is 0 Å². The maximum atomic E-state index is 2.53. The molecule has 0 aromatic heterocycles. The van der Waals surface area contributed by atoms with Gasteiger partial charge in [0.25, 0.3) is 0 Å². The third-order valence-corrected chi connectivity index (χ3v) is 10.4. The molecule has 242 valence electrons. The van der Waals surface area contributed by atoms with E-state index < -0.39 is 0 Å². The zero-order valence-corrected chi connectivity index (χ0v) is 28.6. The number of rotatable bonds is 3. The third kappa shape index (κ3) is 4.80. The van der Waals surface area contributed by atoms with E-state index in [-0.39, 0.29) is 12.8 Å². The minimum absolute atomic E-state index is 0. The van der Waals surface area contributed by atoms with Crippen molar-refractivity contribution in [1.29, 1.82) is 0 Å². The predicted octanol–water partition coefficient (Wildman–Crippen LogP) is 14.0. The van der Waals surface area contributed by atoms with Gasteiger partial charge < -0.3 is 0 Å². The largest absolute Gasteiger partial charge is 0.0776 e. The molecule has 0 unspecified atom stereocenters. The predicted molar refractivity (Wildman–Crippen MR) is 213 cm³/mol. The van der Waals surface area contributed by atoms with Crippen LogP contribution in [0.3, 0.4) is 0 Å². The second-order valence-corrected chi connectivity index (χ2v) is 13.8. The lowest BCUT2D eigenvalue weighted by Gasteiger charge is -2.31. The first-order chi connectivity index (χ1) is 23.5. The van der Waals surface area contributed by atoms with Crippen LogP contribution in [0.1, 0.15) is 80.8 Å². The molecule has 0 amide bonds. The van der Waals surface area contributed by atoms with Crippen LogP contribution in [0.4, 0.5) is 0 Å². The van der Waals surface area contributed by atoms with Gasteiger partial charge in [0.1, 0.15) is 0 Å². The summed E-state index contributed by atoms with van der Waals surface area (Å²) in [5, 5.41) is 2.56. The van der Waals surface area contributed by atoms with E-state index in [4.69, 9.17) is 0 Å². The van der Waals surface area contributed by atoms with E-state index >= 15 is 0 Å². The minimum Gasteiger partial charge on any atom is -0.0776 e. The van der Waals surface area contributed by atoms with Gasteiger partial charge in [-0.15, -0.1) is 0 Å². The second kappa shape index (κ2) is 12.7. The summed E-state index contributed by atoms with van der Waals surface area (Å²) in [6.45, 7) is 11.1. The highest BCUT2D eigenvalue weighted by Crippen LogP contribution is 2.63. The lowest BCUT2D eigenvalue weighted by atomic mass is 9.70. The lowest BCUT2D eigenvalue weighted by Crippen LogP contribution is -2.26. The molecule has 49 heavy (non-hydrogen) atoms. The Morgan fingerprint density at radius 1 is 0.490 bits per heavy atom. The zero-order chi connectivity index (χ0) is 33.0. The minimum atomic E-state index is -0.351. The van der Waals surface area contributed by atoms with Gasteiger partial charge in [0.05, 0.1) is 5.41 Å². The molecule has 0 heteroatoms. The number of benzene rings is 7. The molecule has 0 fully saturated rings. The van der Waals surface area contributed by atoms with Crippen molar-refractivity contribution in [2.75, 3.05) is 0 Å². The normalized spacial score (nSPS) is 12.9. The zero-order valence-electron chi connectivity index (χ0n) is 28.6. The van der Waals surface area contributed by atoms with E-state index in [0.29, 0.717) is 5.92 Å². The fourth-order valence-corrected chi connectivity index (χ4v) is 8.44. The molecule has 0 aliphatic heterocycles. The summed E-state index contributed by atoms with van der Waals surface area (Å²) in [6, 6.07) is 54.9. The molecule has 0 saturated heterocycles. The van der Waals surface area contributed by atoms with Gasteiger partial charge in [-0.2, -0.15) is 0 Å². The molecule has 1 spiro atoms. The third-order valence-electron chi connectivity index (χ3n) is 10.4. The van der Waals surface area contributed by atoms with E-state index in [1.165, 1.54) is 95.1 Å². The summed E-state index contributed by atoms with van der Waals surface area (Å²) in [4.78, 5) is 0. The van der Waals surface area contributed by atoms with Gasteiger partial charge >= 0.3 is 0 Å². The second-order valence-electron chi connectivity index (χ2n) is 13.8. The van der Waals surface area contributed by atoms with Crippen molar-refractivity contribution in [3.05, 3.63) is 179 Å². The Morgan fingerprint density at radius 2 is 1.02 bits per heavy atom. The number of fused-ring (bicyclic) bond motifs is 11. The Morgan fingerprint density at radius 3 is 1.63 bits per heavy atom. The Balaban J connectivity index is 0.000000914. The molecule has 0 N–H and O–H groups in total. The van der Waals surface area contributed by atoms with Gasteiger partial charge in [-0.25, -0.2) is 0 Å². The van der Waals surface area contributed by atoms with Gasteiger partial charge in [-0.05, 0) is 108 Å². The summed E-state index contributed by atoms with van der Waals surface area (Å²) in [7, 11) is 0. The van der Waals surface area contributed by atoms with Crippen LogP contribution in [-0.4, -0.2) is 0 Å². The molecule has 0 bridgehead atoms. The van der Waals surface area contributed by atoms with Crippen molar-refractivity contribution in [3.8, 4) is 44.5 Å². The van der Waals surface area contributed by atoms with Crippen molar-refractivity contribution < 1.29 is 0 Å². The first-order valence-corrected chi connectivity index (χ1v) is 17.6. The number of hydrogen-bond donors (Lipinski definition) is 0. The van der Waals surface area contributed by atoms with Crippen LogP contribution < -0.4 is 0 Å². The standard InChI is InChI=1S/C45H34.C3H8.CH4/c1-28(2)30-20-22-32(23-21-30)44-34-13-5-4-12-31(34)24-25-35(44)33-26-29(3)43-38-16-8-11-19-41(38)45(42(43)27-33)39-17-9-6-14-36(39)37-15-7-10-18-40(37)45;1-3-2;/h4-28H,1-3H3;3H2,1-2H3;1H4. The van der Waals surface area contributed by atoms with Crippen LogP contribution in [0.25, 0.3) is 55.3 Å². The fourth-order valence-electron chi connectivity index (χ4n) is 8.44. The van der Waals surface area contributed by atoms with Gasteiger partial charge in [0.15, 0.2) is 0 Å². The summed E-state index contributed by atoms with van der Waals surface area (Å²) < 4.78 is 0. The number of hydrogen-bond acceptors (Lipinski definition) is 0. The van der Waals surface area contributed by atoms with Gasteiger partial charge in [0, 0.05) is 0 Å². The van der Waals surface area contributed by atoms with Crippen LogP contribution in [0.15, 0.2) is 146 Å². The molecular formula is C49H46. The molecule has 0 nitrogen and oxygen atoms in total. The summed E-state index contributed by atoms with van der Waals surface area (Å²) in [5.74, 6) is 0.500. The van der Waals surface area contributed by atoms with Crippen LogP contribution in [-0.2, 0) is 5.41 Å². The van der Waals surface area contributed by atoms with E-state index in [9.17, 15) is 0 Å². The van der Waals surface area contributed by atoms with Gasteiger partial charge in [-0.3, -0.25) is 0 Å². The molecule has 0 atom stereocenters. The Bertz CT molecular complexity index is 2270. The van der Waals surface area contributed by atoms with Gasteiger partial charge in [-0.1, -0.05) is 181 Å². The van der Waals surface area contributed by atoms with E-state index in [1.807, 2.05) is 0 Å². The summed E-state index contributed by atoms with van der Waals surface area (Å²) >= 11 is 0. The molecule has 0 saturated carbocycles. The van der Waals surface area contributed by atoms with Crippen LogP contribution in [0.2, 0.25) is 0 Å². The molecule has 7 aromatic carbocycles. The maximum Gasteiger partial charge on any atom is 0.0725 e. The molecule has 9 rings (SSSR count). The molecule has 7 aromatic rings. The van der Waals surface area contributed by atoms with Crippen LogP contribution in [0.5, 0.6) is 0 Å². The smallest absolute Gasteiger partial charge is 0.0725 e. The average Bonchev–Trinajstić information content (AvgIpc) is 3.59. The Hall–Kier alpha value is -5.20. The molecule has 0 radical (unpaired) electrons. The lowest BCUT2D eigenvalue weighted by molar-refractivity contribution is 0.793. The topological polar surface area (TPSA) is 0 Å². The molecule has 0 heterocycles. The van der Waals surface area contributed by atoms with Gasteiger partial charge in [0.2, 0.25) is 0 Å². The quantitative estimate of drug-likeness (QED) is 0.181. The van der Waals surface area contributed by atoms with E-state index in [1.54, 1.807) is 0 Å². The van der Waals surface area contributed by atoms with E-state index in [2.05, 4.69) is 180 Å². The average molecular weight is 635 g/mol.